The van der Waals surface area contributed by atoms with Crippen LogP contribution in [0.2, 0.25) is 0 Å². The number of nitrogen functional groups attached to an aromatic ring is 1. The lowest BCUT2D eigenvalue weighted by atomic mass is 10.1. The third kappa shape index (κ3) is 4.16. The van der Waals surface area contributed by atoms with Crippen molar-refractivity contribution in [3.05, 3.63) is 47.3 Å². The van der Waals surface area contributed by atoms with E-state index in [-0.39, 0.29) is 0 Å². The Labute approximate surface area is 124 Å². The van der Waals surface area contributed by atoms with E-state index in [0.29, 0.717) is 17.9 Å². The highest BCUT2D eigenvalue weighted by molar-refractivity contribution is 5.47. The van der Waals surface area contributed by atoms with E-state index in [1.807, 2.05) is 12.1 Å². The molecule has 4 N–H and O–H groups in total. The van der Waals surface area contributed by atoms with Crippen LogP contribution in [-0.2, 0) is 13.0 Å². The van der Waals surface area contributed by atoms with Crippen molar-refractivity contribution in [1.82, 2.24) is 9.97 Å². The maximum absolute atomic E-state index is 8.77. The predicted molar refractivity (Wildman–Crippen MR) is 82.3 cm³/mol. The smallest absolute Gasteiger partial charge is 0.145 e. The van der Waals surface area contributed by atoms with Crippen molar-refractivity contribution in [1.29, 1.82) is 5.26 Å². The van der Waals surface area contributed by atoms with E-state index in [9.17, 15) is 0 Å². The maximum atomic E-state index is 8.77. The minimum absolute atomic E-state index is 0.593. The maximum Gasteiger partial charge on any atom is 0.145 e. The molecule has 0 radical (unpaired) electrons. The molecule has 21 heavy (non-hydrogen) atoms. The third-order valence-electron chi connectivity index (χ3n) is 2.95. The van der Waals surface area contributed by atoms with Crippen molar-refractivity contribution in [2.45, 2.75) is 26.3 Å². The molecule has 6 nitrogen and oxygen atoms in total. The van der Waals surface area contributed by atoms with E-state index >= 15 is 0 Å². The number of aromatic nitrogens is 2. The largest absolute Gasteiger partial charge is 0.366 e. The van der Waals surface area contributed by atoms with E-state index in [2.05, 4.69) is 33.7 Å². The molecule has 0 unspecified atom stereocenters. The number of benzene rings is 1. The van der Waals surface area contributed by atoms with Gasteiger partial charge in [0.2, 0.25) is 0 Å². The van der Waals surface area contributed by atoms with Gasteiger partial charge in [-0.2, -0.15) is 5.26 Å². The average molecular weight is 282 g/mol. The van der Waals surface area contributed by atoms with E-state index in [0.717, 1.165) is 30.0 Å². The van der Waals surface area contributed by atoms with Crippen LogP contribution in [0.5, 0.6) is 0 Å². The Kier molecular flexibility index (Phi) is 5.07. The second-order valence-corrected chi connectivity index (χ2v) is 4.61. The first-order valence-electron chi connectivity index (χ1n) is 6.82. The van der Waals surface area contributed by atoms with Crippen molar-refractivity contribution in [2.24, 2.45) is 5.84 Å². The minimum atomic E-state index is 0.593. The zero-order valence-corrected chi connectivity index (χ0v) is 11.9. The van der Waals surface area contributed by atoms with Crippen molar-refractivity contribution in [2.75, 3.05) is 10.7 Å². The van der Waals surface area contributed by atoms with E-state index in [4.69, 9.17) is 11.1 Å². The van der Waals surface area contributed by atoms with Gasteiger partial charge in [-0.25, -0.2) is 15.8 Å². The summed E-state index contributed by atoms with van der Waals surface area (Å²) in [6, 6.07) is 11.3. The van der Waals surface area contributed by atoms with Gasteiger partial charge in [0.1, 0.15) is 17.5 Å². The number of aryl methyl sites for hydroxylation is 1. The second-order valence-electron chi connectivity index (χ2n) is 4.61. The van der Waals surface area contributed by atoms with Gasteiger partial charge in [0.25, 0.3) is 0 Å². The van der Waals surface area contributed by atoms with E-state index in [1.54, 1.807) is 18.2 Å². The van der Waals surface area contributed by atoms with Crippen LogP contribution in [-0.4, -0.2) is 9.97 Å². The summed E-state index contributed by atoms with van der Waals surface area (Å²) in [7, 11) is 0. The van der Waals surface area contributed by atoms with Crippen LogP contribution in [0.1, 0.15) is 30.3 Å². The van der Waals surface area contributed by atoms with Crippen LogP contribution >= 0.6 is 0 Å². The molecule has 0 fully saturated rings. The molecule has 2 rings (SSSR count). The number of nitrogens with one attached hydrogen (secondary N) is 2. The SMILES string of the molecule is CCCc1nc(NN)cc(NCc2ccc(C#N)cc2)n1. The number of anilines is 2. The molecule has 0 aliphatic rings. The van der Waals surface area contributed by atoms with Crippen LogP contribution in [0.25, 0.3) is 0 Å². The van der Waals surface area contributed by atoms with Crippen molar-refractivity contribution < 1.29 is 0 Å². The Hall–Kier alpha value is -2.65. The molecule has 0 spiro atoms. The molecule has 1 aromatic carbocycles. The Morgan fingerprint density at radius 2 is 1.90 bits per heavy atom. The molecule has 0 amide bonds. The molecule has 0 atom stereocenters. The number of nitriles is 1. The highest BCUT2D eigenvalue weighted by Gasteiger charge is 2.03. The summed E-state index contributed by atoms with van der Waals surface area (Å²) in [4.78, 5) is 8.75. The Bertz CT molecular complexity index is 630. The van der Waals surface area contributed by atoms with Gasteiger partial charge in [-0.15, -0.1) is 0 Å². The highest BCUT2D eigenvalue weighted by atomic mass is 15.3. The first-order chi connectivity index (χ1) is 10.2. The van der Waals surface area contributed by atoms with Crippen LogP contribution in [0.4, 0.5) is 11.6 Å². The normalized spacial score (nSPS) is 9.95. The van der Waals surface area contributed by atoms with Crippen LogP contribution in [0.3, 0.4) is 0 Å². The zero-order valence-electron chi connectivity index (χ0n) is 11.9. The van der Waals surface area contributed by atoms with Crippen molar-refractivity contribution in [3.8, 4) is 6.07 Å². The molecule has 0 saturated heterocycles. The molecule has 6 heteroatoms. The van der Waals surface area contributed by atoms with Crippen molar-refractivity contribution >= 4 is 11.6 Å². The van der Waals surface area contributed by atoms with Gasteiger partial charge in [0.05, 0.1) is 11.6 Å². The van der Waals surface area contributed by atoms with E-state index in [1.165, 1.54) is 0 Å². The fourth-order valence-corrected chi connectivity index (χ4v) is 1.89. The summed E-state index contributed by atoms with van der Waals surface area (Å²) >= 11 is 0. The first-order valence-corrected chi connectivity index (χ1v) is 6.82. The number of hydrogen-bond donors (Lipinski definition) is 3. The van der Waals surface area contributed by atoms with E-state index < -0.39 is 0 Å². The molecule has 108 valence electrons. The lowest BCUT2D eigenvalue weighted by molar-refractivity contribution is 0.834. The summed E-state index contributed by atoms with van der Waals surface area (Å²) in [5, 5.41) is 12.0. The summed E-state index contributed by atoms with van der Waals surface area (Å²) < 4.78 is 0. The average Bonchev–Trinajstić information content (AvgIpc) is 2.53. The monoisotopic (exact) mass is 282 g/mol. The number of nitrogens with zero attached hydrogens (tertiary/aromatic N) is 3. The van der Waals surface area contributed by atoms with Crippen LogP contribution in [0, 0.1) is 11.3 Å². The Morgan fingerprint density at radius 3 is 2.52 bits per heavy atom. The van der Waals surface area contributed by atoms with Gasteiger partial charge in [-0.3, -0.25) is 0 Å². The fraction of sp³-hybridized carbons (Fsp3) is 0.267. The van der Waals surface area contributed by atoms with Gasteiger partial charge in [0, 0.05) is 19.0 Å². The molecule has 0 saturated carbocycles. The highest BCUT2D eigenvalue weighted by Crippen LogP contribution is 2.13. The van der Waals surface area contributed by atoms with Gasteiger partial charge >= 0.3 is 0 Å². The fourth-order valence-electron chi connectivity index (χ4n) is 1.89. The molecule has 0 aliphatic carbocycles. The zero-order chi connectivity index (χ0) is 15.1. The van der Waals surface area contributed by atoms with Crippen LogP contribution < -0.4 is 16.6 Å². The second kappa shape index (κ2) is 7.22. The molecule has 1 heterocycles. The summed E-state index contributed by atoms with van der Waals surface area (Å²) in [5.74, 6) is 7.50. The van der Waals surface area contributed by atoms with Gasteiger partial charge < -0.3 is 10.7 Å². The quantitative estimate of drug-likeness (QED) is 0.555. The molecule has 0 aliphatic heterocycles. The Balaban J connectivity index is 2.07. The number of hydrazine groups is 1. The lowest BCUT2D eigenvalue weighted by Gasteiger charge is -2.09. The third-order valence-corrected chi connectivity index (χ3v) is 2.95. The van der Waals surface area contributed by atoms with Gasteiger partial charge in [0.15, 0.2) is 0 Å². The van der Waals surface area contributed by atoms with Gasteiger partial charge in [-0.05, 0) is 24.1 Å². The standard InChI is InChI=1S/C15H18N6/c1-2-3-13-19-14(8-15(20-13)21-17)18-10-12-6-4-11(9-16)5-7-12/h4-8H,2-3,10,17H2,1H3,(H2,18,19,20,21). The predicted octanol–water partition coefficient (Wildman–Crippen LogP) is 2.20. The van der Waals surface area contributed by atoms with Crippen LogP contribution in [0.15, 0.2) is 30.3 Å². The summed E-state index contributed by atoms with van der Waals surface area (Å²) in [6.07, 6.45) is 1.78. The number of nitrogens with two attached hydrogens (primary N) is 1. The topological polar surface area (TPSA) is 99.6 Å². The van der Waals surface area contributed by atoms with Crippen molar-refractivity contribution in [3.63, 3.8) is 0 Å². The molecular weight excluding hydrogens is 264 g/mol. The van der Waals surface area contributed by atoms with Gasteiger partial charge in [-0.1, -0.05) is 19.1 Å². The minimum Gasteiger partial charge on any atom is -0.366 e. The Morgan fingerprint density at radius 1 is 1.19 bits per heavy atom. The number of hydrogen-bond acceptors (Lipinski definition) is 6. The molecular formula is C15H18N6. The summed E-state index contributed by atoms with van der Waals surface area (Å²) in [5.41, 5.74) is 4.28. The molecule has 0 bridgehead atoms. The molecule has 1 aromatic heterocycles. The lowest BCUT2D eigenvalue weighted by Crippen LogP contribution is -2.12. The molecule has 2 aromatic rings. The summed E-state index contributed by atoms with van der Waals surface area (Å²) in [6.45, 7) is 2.70. The first kappa shape index (κ1) is 14.8. The number of rotatable bonds is 6.